The second-order valence-electron chi connectivity index (χ2n) is 7.01. The van der Waals surface area contributed by atoms with Crippen LogP contribution in [0.4, 0.5) is 14.5 Å². The van der Waals surface area contributed by atoms with Crippen LogP contribution in [0, 0.1) is 11.6 Å². The maximum absolute atomic E-state index is 14.1. The SMILES string of the molecule is CC(C)(C)OC(=O)c1nc2c(F)cc(F)cc2cc1N1CCCC1. The van der Waals surface area contributed by atoms with Crippen molar-refractivity contribution in [2.24, 2.45) is 0 Å². The highest BCUT2D eigenvalue weighted by atomic mass is 19.1. The first-order valence-corrected chi connectivity index (χ1v) is 8.03. The zero-order valence-electron chi connectivity index (χ0n) is 14.0. The number of hydrogen-bond donors (Lipinski definition) is 0. The van der Waals surface area contributed by atoms with Crippen LogP contribution >= 0.6 is 0 Å². The Labute approximate surface area is 139 Å². The summed E-state index contributed by atoms with van der Waals surface area (Å²) in [6, 6.07) is 3.62. The molecule has 1 aromatic carbocycles. The fourth-order valence-electron chi connectivity index (χ4n) is 2.87. The molecule has 1 aliphatic rings. The van der Waals surface area contributed by atoms with Gasteiger partial charge in [-0.25, -0.2) is 18.6 Å². The molecule has 0 aliphatic carbocycles. The highest BCUT2D eigenvalue weighted by Gasteiger charge is 2.26. The number of rotatable bonds is 2. The maximum atomic E-state index is 14.1. The van der Waals surface area contributed by atoms with Gasteiger partial charge < -0.3 is 9.64 Å². The number of pyridine rings is 1. The van der Waals surface area contributed by atoms with Crippen molar-refractivity contribution < 1.29 is 18.3 Å². The van der Waals surface area contributed by atoms with Crippen molar-refractivity contribution >= 4 is 22.6 Å². The molecule has 3 rings (SSSR count). The molecule has 1 aliphatic heterocycles. The van der Waals surface area contributed by atoms with Gasteiger partial charge in [0, 0.05) is 24.5 Å². The second kappa shape index (κ2) is 6.00. The van der Waals surface area contributed by atoms with Gasteiger partial charge in [0.15, 0.2) is 11.5 Å². The lowest BCUT2D eigenvalue weighted by molar-refractivity contribution is 0.00641. The lowest BCUT2D eigenvalue weighted by Gasteiger charge is -2.24. The van der Waals surface area contributed by atoms with Crippen LogP contribution in [0.5, 0.6) is 0 Å². The van der Waals surface area contributed by atoms with Gasteiger partial charge in [0.25, 0.3) is 0 Å². The summed E-state index contributed by atoms with van der Waals surface area (Å²) in [6.07, 6.45) is 2.01. The molecule has 1 saturated heterocycles. The number of nitrogens with zero attached hydrogens (tertiary/aromatic N) is 2. The predicted molar refractivity (Wildman–Crippen MR) is 88.3 cm³/mol. The average Bonchev–Trinajstić information content (AvgIpc) is 2.98. The van der Waals surface area contributed by atoms with Gasteiger partial charge >= 0.3 is 5.97 Å². The highest BCUT2D eigenvalue weighted by molar-refractivity contribution is 5.98. The Morgan fingerprint density at radius 3 is 2.46 bits per heavy atom. The van der Waals surface area contributed by atoms with Crippen LogP contribution in [0.25, 0.3) is 10.9 Å². The van der Waals surface area contributed by atoms with Crippen LogP contribution in [0.2, 0.25) is 0 Å². The van der Waals surface area contributed by atoms with Crippen molar-refractivity contribution in [2.75, 3.05) is 18.0 Å². The minimum atomic E-state index is -0.789. The van der Waals surface area contributed by atoms with Gasteiger partial charge in [0.05, 0.1) is 5.69 Å². The Balaban J connectivity index is 2.16. The van der Waals surface area contributed by atoms with E-state index >= 15 is 0 Å². The van der Waals surface area contributed by atoms with E-state index in [4.69, 9.17) is 4.74 Å². The van der Waals surface area contributed by atoms with E-state index in [-0.39, 0.29) is 11.2 Å². The van der Waals surface area contributed by atoms with Gasteiger partial charge in [-0.05, 0) is 45.7 Å². The Kier molecular flexibility index (Phi) is 4.15. The van der Waals surface area contributed by atoms with E-state index in [1.807, 2.05) is 4.90 Å². The summed E-state index contributed by atoms with van der Waals surface area (Å²) in [5, 5.41) is 0.335. The smallest absolute Gasteiger partial charge is 0.359 e. The first-order valence-electron chi connectivity index (χ1n) is 8.03. The van der Waals surface area contributed by atoms with Gasteiger partial charge in [0.2, 0.25) is 0 Å². The van der Waals surface area contributed by atoms with Crippen molar-refractivity contribution in [2.45, 2.75) is 39.2 Å². The third kappa shape index (κ3) is 3.32. The summed E-state index contributed by atoms with van der Waals surface area (Å²) < 4.78 is 33.0. The number of benzene rings is 1. The number of esters is 1. The minimum Gasteiger partial charge on any atom is -0.455 e. The van der Waals surface area contributed by atoms with Gasteiger partial charge in [-0.3, -0.25) is 0 Å². The average molecular weight is 334 g/mol. The molecule has 0 bridgehead atoms. The maximum Gasteiger partial charge on any atom is 0.359 e. The van der Waals surface area contributed by atoms with Crippen molar-refractivity contribution in [1.29, 1.82) is 0 Å². The number of hydrogen-bond acceptors (Lipinski definition) is 4. The molecule has 2 aromatic rings. The topological polar surface area (TPSA) is 42.4 Å². The first-order chi connectivity index (χ1) is 11.2. The molecular weight excluding hydrogens is 314 g/mol. The van der Waals surface area contributed by atoms with E-state index in [0.717, 1.165) is 32.0 Å². The van der Waals surface area contributed by atoms with Gasteiger partial charge in [-0.2, -0.15) is 0 Å². The lowest BCUT2D eigenvalue weighted by atomic mass is 10.1. The van der Waals surface area contributed by atoms with Gasteiger partial charge in [-0.1, -0.05) is 0 Å². The molecule has 0 amide bonds. The summed E-state index contributed by atoms with van der Waals surface area (Å²) >= 11 is 0. The lowest BCUT2D eigenvalue weighted by Crippen LogP contribution is -2.27. The van der Waals surface area contributed by atoms with Crippen LogP contribution in [-0.4, -0.2) is 29.6 Å². The Morgan fingerprint density at radius 2 is 1.83 bits per heavy atom. The molecule has 4 nitrogen and oxygen atoms in total. The van der Waals surface area contributed by atoms with Crippen molar-refractivity contribution in [3.8, 4) is 0 Å². The van der Waals surface area contributed by atoms with E-state index < -0.39 is 23.2 Å². The van der Waals surface area contributed by atoms with E-state index in [2.05, 4.69) is 4.98 Å². The fourth-order valence-corrected chi connectivity index (χ4v) is 2.87. The monoisotopic (exact) mass is 334 g/mol. The van der Waals surface area contributed by atoms with Crippen molar-refractivity contribution in [3.05, 3.63) is 35.5 Å². The van der Waals surface area contributed by atoms with E-state index in [0.29, 0.717) is 11.1 Å². The number of carbonyl (C=O) groups is 1. The van der Waals surface area contributed by atoms with Crippen LogP contribution < -0.4 is 4.90 Å². The molecule has 128 valence electrons. The normalized spacial score (nSPS) is 15.1. The molecule has 0 saturated carbocycles. The number of anilines is 1. The van der Waals surface area contributed by atoms with Crippen LogP contribution in [-0.2, 0) is 4.74 Å². The molecular formula is C18H20F2N2O2. The Hall–Kier alpha value is -2.24. The molecule has 0 atom stereocenters. The van der Waals surface area contributed by atoms with Gasteiger partial charge in [-0.15, -0.1) is 0 Å². The second-order valence-corrected chi connectivity index (χ2v) is 7.01. The van der Waals surface area contributed by atoms with Crippen molar-refractivity contribution in [3.63, 3.8) is 0 Å². The summed E-state index contributed by atoms with van der Waals surface area (Å²) in [7, 11) is 0. The molecule has 1 fully saturated rings. The molecule has 24 heavy (non-hydrogen) atoms. The Bertz CT molecular complexity index is 794. The third-order valence-corrected chi connectivity index (χ3v) is 3.86. The Morgan fingerprint density at radius 1 is 1.17 bits per heavy atom. The number of halogens is 2. The molecule has 0 spiro atoms. The minimum absolute atomic E-state index is 0.0276. The first kappa shape index (κ1) is 16.6. The quantitative estimate of drug-likeness (QED) is 0.777. The summed E-state index contributed by atoms with van der Waals surface area (Å²) in [5.41, 5.74) is -0.0681. The van der Waals surface area contributed by atoms with Crippen LogP contribution in [0.15, 0.2) is 18.2 Å². The van der Waals surface area contributed by atoms with E-state index in [1.54, 1.807) is 26.8 Å². The fraction of sp³-hybridized carbons (Fsp3) is 0.444. The van der Waals surface area contributed by atoms with Crippen molar-refractivity contribution in [1.82, 2.24) is 4.98 Å². The number of aromatic nitrogens is 1. The summed E-state index contributed by atoms with van der Waals surface area (Å²) in [5.74, 6) is -2.06. The van der Waals surface area contributed by atoms with Crippen LogP contribution in [0.3, 0.4) is 0 Å². The molecule has 1 aromatic heterocycles. The van der Waals surface area contributed by atoms with E-state index in [9.17, 15) is 13.6 Å². The zero-order chi connectivity index (χ0) is 17.5. The molecule has 0 unspecified atom stereocenters. The summed E-state index contributed by atoms with van der Waals surface area (Å²) in [4.78, 5) is 18.7. The number of fused-ring (bicyclic) bond motifs is 1. The molecule has 0 N–H and O–H groups in total. The van der Waals surface area contributed by atoms with Gasteiger partial charge in [0.1, 0.15) is 16.9 Å². The zero-order valence-corrected chi connectivity index (χ0v) is 14.0. The summed E-state index contributed by atoms with van der Waals surface area (Å²) in [6.45, 7) is 6.84. The third-order valence-electron chi connectivity index (χ3n) is 3.86. The number of carbonyl (C=O) groups excluding carboxylic acids is 1. The molecule has 0 radical (unpaired) electrons. The predicted octanol–water partition coefficient (Wildman–Crippen LogP) is 4.07. The largest absolute Gasteiger partial charge is 0.455 e. The molecule has 2 heterocycles. The molecule has 6 heteroatoms. The standard InChI is InChI=1S/C18H20F2N2O2/c1-18(2,3)24-17(23)16-14(22-6-4-5-7-22)9-11-8-12(19)10-13(20)15(11)21-16/h8-10H,4-7H2,1-3H3. The highest BCUT2D eigenvalue weighted by Crippen LogP contribution is 2.30. The van der Waals surface area contributed by atoms with Crippen LogP contribution in [0.1, 0.15) is 44.1 Å². The van der Waals surface area contributed by atoms with E-state index in [1.165, 1.54) is 6.07 Å². The number of ether oxygens (including phenoxy) is 1.